The first-order chi connectivity index (χ1) is 12.0. The van der Waals surface area contributed by atoms with Crippen LogP contribution in [0.5, 0.6) is 0 Å². The van der Waals surface area contributed by atoms with E-state index in [-0.39, 0.29) is 17.1 Å². The van der Waals surface area contributed by atoms with E-state index in [1.54, 1.807) is 6.07 Å². The van der Waals surface area contributed by atoms with Gasteiger partial charge in [0.05, 0.1) is 15.6 Å². The molecule has 4 aliphatic carbocycles. The van der Waals surface area contributed by atoms with Crippen molar-refractivity contribution in [1.29, 1.82) is 0 Å². The van der Waals surface area contributed by atoms with Gasteiger partial charge in [0.25, 0.3) is 0 Å². The van der Waals surface area contributed by atoms with Gasteiger partial charge in [-0.15, -0.1) is 5.10 Å². The standard InChI is InChI=1S/C19H22FN3OS/c1-23-15-3-2-14(20)7-16(15)25-18(23)22-21-17(24)19-8-11-4-12(9-19)6-13(5-11)10-19/h2-3,7,11-13H,4-6,8-10H2,1H3,(H,21,24)/b22-18-. The number of benzene rings is 1. The van der Waals surface area contributed by atoms with Crippen LogP contribution in [0.1, 0.15) is 38.5 Å². The average Bonchev–Trinajstić information content (AvgIpc) is 2.86. The number of aryl methyl sites for hydroxylation is 1. The molecule has 0 spiro atoms. The van der Waals surface area contributed by atoms with Crippen molar-refractivity contribution >= 4 is 27.5 Å². The van der Waals surface area contributed by atoms with E-state index >= 15 is 0 Å². The lowest BCUT2D eigenvalue weighted by Gasteiger charge is -2.55. The fourth-order valence-electron chi connectivity index (χ4n) is 5.82. The van der Waals surface area contributed by atoms with Crippen molar-refractivity contribution in [3.05, 3.63) is 28.8 Å². The van der Waals surface area contributed by atoms with Gasteiger partial charge in [0.1, 0.15) is 5.82 Å². The molecule has 1 aromatic carbocycles. The Morgan fingerprint density at radius 1 is 1.24 bits per heavy atom. The Kier molecular flexibility index (Phi) is 3.36. The lowest BCUT2D eigenvalue weighted by atomic mass is 9.49. The number of thiazole rings is 1. The lowest BCUT2D eigenvalue weighted by molar-refractivity contribution is -0.146. The molecular formula is C19H22FN3OS. The quantitative estimate of drug-likeness (QED) is 0.819. The summed E-state index contributed by atoms with van der Waals surface area (Å²) in [6.07, 6.45) is 7.06. The Balaban J connectivity index is 1.43. The van der Waals surface area contributed by atoms with Gasteiger partial charge in [-0.05, 0) is 74.5 Å². The molecule has 1 amide bonds. The molecular weight excluding hydrogens is 337 g/mol. The molecule has 0 aliphatic heterocycles. The van der Waals surface area contributed by atoms with Gasteiger partial charge in [-0.25, -0.2) is 9.82 Å². The molecule has 4 nitrogen and oxygen atoms in total. The molecule has 0 radical (unpaired) electrons. The second-order valence-electron chi connectivity index (χ2n) is 8.31. The first kappa shape index (κ1) is 15.6. The molecule has 4 fully saturated rings. The van der Waals surface area contributed by atoms with Crippen molar-refractivity contribution in [3.8, 4) is 0 Å². The van der Waals surface area contributed by atoms with Crippen LogP contribution in [-0.2, 0) is 11.8 Å². The van der Waals surface area contributed by atoms with Crippen LogP contribution in [0.2, 0.25) is 0 Å². The highest BCUT2D eigenvalue weighted by atomic mass is 32.1. The minimum atomic E-state index is -0.251. The third-order valence-electron chi connectivity index (χ3n) is 6.54. The maximum absolute atomic E-state index is 13.4. The van der Waals surface area contributed by atoms with Crippen molar-refractivity contribution < 1.29 is 9.18 Å². The first-order valence-electron chi connectivity index (χ1n) is 9.12. The van der Waals surface area contributed by atoms with Crippen LogP contribution in [0.3, 0.4) is 0 Å². The number of nitrogens with one attached hydrogen (secondary N) is 1. The molecule has 4 saturated carbocycles. The maximum Gasteiger partial charge on any atom is 0.246 e. The summed E-state index contributed by atoms with van der Waals surface area (Å²) < 4.78 is 16.2. The minimum Gasteiger partial charge on any atom is -0.318 e. The van der Waals surface area contributed by atoms with Crippen LogP contribution >= 0.6 is 11.3 Å². The molecule has 0 atom stereocenters. The van der Waals surface area contributed by atoms with Gasteiger partial charge in [-0.2, -0.15) is 0 Å². The van der Waals surface area contributed by atoms with Gasteiger partial charge in [0.2, 0.25) is 10.7 Å². The van der Waals surface area contributed by atoms with Crippen molar-refractivity contribution in [2.45, 2.75) is 38.5 Å². The Hall–Kier alpha value is -1.69. The Labute approximate surface area is 149 Å². The molecule has 1 heterocycles. The van der Waals surface area contributed by atoms with Crippen molar-refractivity contribution in [2.75, 3.05) is 0 Å². The van der Waals surface area contributed by atoms with Crippen molar-refractivity contribution in [3.63, 3.8) is 0 Å². The van der Waals surface area contributed by atoms with Gasteiger partial charge in [0, 0.05) is 7.05 Å². The predicted octanol–water partition coefficient (Wildman–Crippen LogP) is 3.53. The summed E-state index contributed by atoms with van der Waals surface area (Å²) >= 11 is 1.40. The Bertz CT molecular complexity index is 893. The second kappa shape index (κ2) is 5.40. The van der Waals surface area contributed by atoms with Crippen molar-refractivity contribution in [1.82, 2.24) is 9.99 Å². The molecule has 132 valence electrons. The molecule has 4 aliphatic rings. The average molecular weight is 359 g/mol. The van der Waals surface area contributed by atoms with Gasteiger partial charge < -0.3 is 4.57 Å². The van der Waals surface area contributed by atoms with Crippen LogP contribution in [0.4, 0.5) is 4.39 Å². The lowest BCUT2D eigenvalue weighted by Crippen LogP contribution is -2.53. The topological polar surface area (TPSA) is 46.4 Å². The molecule has 6 heteroatoms. The number of amides is 1. The van der Waals surface area contributed by atoms with Gasteiger partial charge in [0.15, 0.2) is 0 Å². The van der Waals surface area contributed by atoms with E-state index in [0.717, 1.165) is 47.2 Å². The highest BCUT2D eigenvalue weighted by Crippen LogP contribution is 2.60. The Morgan fingerprint density at radius 3 is 2.52 bits per heavy atom. The zero-order valence-corrected chi connectivity index (χ0v) is 15.1. The van der Waals surface area contributed by atoms with Gasteiger partial charge in [-0.3, -0.25) is 4.79 Å². The number of carbonyl (C=O) groups excluding carboxylic acids is 1. The number of hydrogen-bond acceptors (Lipinski definition) is 3. The Morgan fingerprint density at radius 2 is 1.88 bits per heavy atom. The molecule has 1 N–H and O–H groups in total. The van der Waals surface area contributed by atoms with E-state index in [9.17, 15) is 9.18 Å². The fraction of sp³-hybridized carbons (Fsp3) is 0.579. The monoisotopic (exact) mass is 359 g/mol. The second-order valence-corrected chi connectivity index (χ2v) is 9.32. The highest BCUT2D eigenvalue weighted by molar-refractivity contribution is 7.16. The predicted molar refractivity (Wildman–Crippen MR) is 95.1 cm³/mol. The van der Waals surface area contributed by atoms with E-state index in [0.29, 0.717) is 4.80 Å². The summed E-state index contributed by atoms with van der Waals surface area (Å²) in [7, 11) is 1.90. The summed E-state index contributed by atoms with van der Waals surface area (Å²) in [5, 5.41) is 4.39. The van der Waals surface area contributed by atoms with Crippen LogP contribution in [0.15, 0.2) is 23.3 Å². The molecule has 25 heavy (non-hydrogen) atoms. The third-order valence-corrected chi connectivity index (χ3v) is 7.64. The largest absolute Gasteiger partial charge is 0.318 e. The number of rotatable bonds is 2. The fourth-order valence-corrected chi connectivity index (χ4v) is 6.82. The SMILES string of the molecule is Cn1/c(=N/NC(=O)C23CC4CC(CC(C4)C2)C3)sc2cc(F)ccc21. The number of halogens is 1. The smallest absolute Gasteiger partial charge is 0.246 e. The number of hydrogen-bond donors (Lipinski definition) is 1. The number of nitrogens with zero attached hydrogens (tertiary/aromatic N) is 2. The first-order valence-corrected chi connectivity index (χ1v) is 9.93. The molecule has 6 rings (SSSR count). The van der Waals surface area contributed by atoms with Gasteiger partial charge >= 0.3 is 0 Å². The summed E-state index contributed by atoms with van der Waals surface area (Å²) in [6, 6.07) is 4.72. The van der Waals surface area contributed by atoms with Gasteiger partial charge in [-0.1, -0.05) is 11.3 Å². The van der Waals surface area contributed by atoms with E-state index in [2.05, 4.69) is 10.5 Å². The zero-order chi connectivity index (χ0) is 17.2. The van der Waals surface area contributed by atoms with Crippen molar-refractivity contribution in [2.24, 2.45) is 35.3 Å². The van der Waals surface area contributed by atoms with Crippen LogP contribution in [0.25, 0.3) is 10.2 Å². The number of carbonyl (C=O) groups is 1. The number of fused-ring (bicyclic) bond motifs is 1. The zero-order valence-electron chi connectivity index (χ0n) is 14.3. The summed E-state index contributed by atoms with van der Waals surface area (Å²) in [4.78, 5) is 13.7. The molecule has 2 aromatic rings. The molecule has 0 saturated heterocycles. The molecule has 1 aromatic heterocycles. The summed E-state index contributed by atoms with van der Waals surface area (Å²) in [5.41, 5.74) is 3.58. The third kappa shape index (κ3) is 2.45. The molecule has 0 unspecified atom stereocenters. The molecule has 4 bridgehead atoms. The van der Waals surface area contributed by atoms with Crippen LogP contribution in [-0.4, -0.2) is 10.5 Å². The van der Waals surface area contributed by atoms with Crippen LogP contribution in [0, 0.1) is 29.0 Å². The van der Waals surface area contributed by atoms with Crippen LogP contribution < -0.4 is 10.2 Å². The highest BCUT2D eigenvalue weighted by Gasteiger charge is 2.54. The number of aromatic nitrogens is 1. The van der Waals surface area contributed by atoms with E-state index in [1.165, 1.54) is 42.7 Å². The van der Waals surface area contributed by atoms with E-state index < -0.39 is 0 Å². The summed E-state index contributed by atoms with van der Waals surface area (Å²) in [6.45, 7) is 0. The normalized spacial score (nSPS) is 34.0. The van der Waals surface area contributed by atoms with E-state index in [1.807, 2.05) is 11.6 Å². The summed E-state index contributed by atoms with van der Waals surface area (Å²) in [5.74, 6) is 2.05. The van der Waals surface area contributed by atoms with E-state index in [4.69, 9.17) is 0 Å². The maximum atomic E-state index is 13.4. The minimum absolute atomic E-state index is 0.0928.